The van der Waals surface area contributed by atoms with Crippen LogP contribution in [0.2, 0.25) is 0 Å². The molecule has 0 aromatic carbocycles. The van der Waals surface area contributed by atoms with Crippen molar-refractivity contribution < 1.29 is 0 Å². The smallest absolute Gasteiger partial charge is 0.0250 e. The van der Waals surface area contributed by atoms with Crippen molar-refractivity contribution in [1.29, 1.82) is 0 Å². The van der Waals surface area contributed by atoms with E-state index in [1.54, 1.807) is 0 Å². The van der Waals surface area contributed by atoms with Gasteiger partial charge in [-0.15, -0.1) is 0 Å². The summed E-state index contributed by atoms with van der Waals surface area (Å²) >= 11 is 3.77. The number of nitrogens with zero attached hydrogens (tertiary/aromatic N) is 1. The Bertz CT molecular complexity index is 78.2. The normalized spacial score (nSPS) is 16.4. The first kappa shape index (κ1) is 11.7. The van der Waals surface area contributed by atoms with Crippen LogP contribution in [0.3, 0.4) is 0 Å². The Hall–Kier alpha value is 0.660. The van der Waals surface area contributed by atoms with Gasteiger partial charge in [0.15, 0.2) is 0 Å². The predicted octanol–water partition coefficient (Wildman–Crippen LogP) is 2.09. The highest BCUT2D eigenvalue weighted by atomic mass is 32.2. The first-order valence-corrected chi connectivity index (χ1v) is 6.47. The van der Waals surface area contributed by atoms with Gasteiger partial charge in [-0.25, -0.2) is 5.32 Å². The molecule has 0 heterocycles. The van der Waals surface area contributed by atoms with Crippen LogP contribution in [0, 0.1) is 0 Å². The van der Waals surface area contributed by atoms with Crippen molar-refractivity contribution in [2.24, 2.45) is 0 Å². The van der Waals surface area contributed by atoms with Crippen LogP contribution in [0.15, 0.2) is 0 Å². The molecule has 0 aliphatic rings. The number of hydrogen-bond donors (Lipinski definition) is 0. The maximum atomic E-state index is 4.47. The third-order valence-corrected chi connectivity index (χ3v) is 3.48. The molecule has 0 fully saturated rings. The Kier molecular flexibility index (Phi) is 7.76. The zero-order chi connectivity index (χ0) is 8.69. The highest BCUT2D eigenvalue weighted by molar-refractivity contribution is 7.99. The van der Waals surface area contributed by atoms with Gasteiger partial charge in [0.2, 0.25) is 0 Å². The fourth-order valence-electron chi connectivity index (χ4n) is 0.587. The van der Waals surface area contributed by atoms with Crippen molar-refractivity contribution in [3.05, 3.63) is 0 Å². The van der Waals surface area contributed by atoms with E-state index < -0.39 is 0 Å². The van der Waals surface area contributed by atoms with Crippen LogP contribution >= 0.6 is 23.5 Å². The summed E-state index contributed by atoms with van der Waals surface area (Å²) in [5, 5.41) is 5.84. The van der Waals surface area contributed by atoms with Gasteiger partial charge in [-0.3, -0.25) is 0 Å². The molecule has 2 unspecified atom stereocenters. The zero-order valence-electron chi connectivity index (χ0n) is 7.83. The van der Waals surface area contributed by atoms with E-state index >= 15 is 0 Å². The van der Waals surface area contributed by atoms with Gasteiger partial charge in [-0.2, -0.15) is 23.5 Å². The second-order valence-electron chi connectivity index (χ2n) is 2.68. The molecule has 0 N–H and O–H groups in total. The van der Waals surface area contributed by atoms with Crippen LogP contribution in [0.25, 0.3) is 0 Å². The first-order chi connectivity index (χ1) is 5.20. The number of hydrogen-bond acceptors (Lipinski definition) is 2. The molecule has 0 rings (SSSR count). The molecule has 0 aliphatic carbocycles. The van der Waals surface area contributed by atoms with Gasteiger partial charge in [0.05, 0.1) is 0 Å². The van der Waals surface area contributed by atoms with Crippen molar-refractivity contribution in [3.63, 3.8) is 0 Å². The summed E-state index contributed by atoms with van der Waals surface area (Å²) in [7, 11) is 0. The molecular weight excluding hydrogens is 174 g/mol. The van der Waals surface area contributed by atoms with Crippen LogP contribution in [0.4, 0.5) is 0 Å². The van der Waals surface area contributed by atoms with Crippen molar-refractivity contribution >= 4 is 23.5 Å². The van der Waals surface area contributed by atoms with Gasteiger partial charge in [0.25, 0.3) is 0 Å². The molecule has 0 bridgehead atoms. The lowest BCUT2D eigenvalue weighted by atomic mass is 10.4. The van der Waals surface area contributed by atoms with E-state index in [0.717, 1.165) is 13.1 Å². The summed E-state index contributed by atoms with van der Waals surface area (Å²) in [4.78, 5) is 0. The van der Waals surface area contributed by atoms with Crippen molar-refractivity contribution in [1.82, 2.24) is 5.32 Å². The lowest BCUT2D eigenvalue weighted by Crippen LogP contribution is -2.21. The van der Waals surface area contributed by atoms with Crippen LogP contribution in [-0.2, 0) is 0 Å². The highest BCUT2D eigenvalue weighted by Crippen LogP contribution is 2.06. The third kappa shape index (κ3) is 7.04. The van der Waals surface area contributed by atoms with E-state index in [-0.39, 0.29) is 0 Å². The maximum Gasteiger partial charge on any atom is 0.0250 e. The minimum absolute atomic E-state index is 0.684. The molecule has 0 saturated carbocycles. The lowest BCUT2D eigenvalue weighted by molar-refractivity contribution is 0.664. The van der Waals surface area contributed by atoms with Crippen LogP contribution in [0.1, 0.15) is 13.8 Å². The summed E-state index contributed by atoms with van der Waals surface area (Å²) in [6.45, 7) is 6.45. The summed E-state index contributed by atoms with van der Waals surface area (Å²) < 4.78 is 0. The summed E-state index contributed by atoms with van der Waals surface area (Å²) in [6, 6.07) is 0. The van der Waals surface area contributed by atoms with Gasteiger partial charge in [0.1, 0.15) is 0 Å². The Labute approximate surface area is 79.1 Å². The number of thioether (sulfide) groups is 2. The fraction of sp³-hybridized carbons (Fsp3) is 1.00. The van der Waals surface area contributed by atoms with Crippen LogP contribution in [0.5, 0.6) is 0 Å². The van der Waals surface area contributed by atoms with Gasteiger partial charge >= 0.3 is 0 Å². The van der Waals surface area contributed by atoms with E-state index in [2.05, 4.69) is 31.7 Å². The van der Waals surface area contributed by atoms with Gasteiger partial charge in [-0.05, 0) is 12.5 Å². The van der Waals surface area contributed by atoms with Crippen LogP contribution < -0.4 is 5.32 Å². The van der Waals surface area contributed by atoms with E-state index in [4.69, 9.17) is 0 Å². The lowest BCUT2D eigenvalue weighted by Gasteiger charge is -2.10. The first-order valence-electron chi connectivity index (χ1n) is 3.89. The zero-order valence-corrected chi connectivity index (χ0v) is 9.47. The summed E-state index contributed by atoms with van der Waals surface area (Å²) in [5.74, 6) is 0. The maximum absolute atomic E-state index is 4.47. The summed E-state index contributed by atoms with van der Waals surface area (Å²) in [6.07, 6.45) is 4.27. The molecule has 1 radical (unpaired) electrons. The van der Waals surface area contributed by atoms with Gasteiger partial charge in [-0.1, -0.05) is 13.8 Å². The van der Waals surface area contributed by atoms with E-state index in [1.807, 2.05) is 23.5 Å². The molecule has 0 amide bonds. The van der Waals surface area contributed by atoms with Crippen molar-refractivity contribution in [2.45, 2.75) is 24.3 Å². The molecular formula is C8H18NS2. The van der Waals surface area contributed by atoms with Crippen molar-refractivity contribution in [2.75, 3.05) is 25.6 Å². The Balaban J connectivity index is 3.13. The average Bonchev–Trinajstić information content (AvgIpc) is 2.04. The third-order valence-electron chi connectivity index (χ3n) is 1.58. The monoisotopic (exact) mass is 192 g/mol. The molecule has 2 atom stereocenters. The molecule has 0 spiro atoms. The van der Waals surface area contributed by atoms with E-state index in [1.165, 1.54) is 0 Å². The van der Waals surface area contributed by atoms with Gasteiger partial charge in [0, 0.05) is 23.6 Å². The van der Waals surface area contributed by atoms with Gasteiger partial charge < -0.3 is 0 Å². The molecule has 67 valence electrons. The Morgan fingerprint density at radius 1 is 1.00 bits per heavy atom. The largest absolute Gasteiger partial charge is 0.240 e. The fourth-order valence-corrected chi connectivity index (χ4v) is 1.10. The minimum atomic E-state index is 0.684. The SMILES string of the molecule is CSC(C)C[N]CC(C)SC. The average molecular weight is 192 g/mol. The molecule has 0 aromatic rings. The molecule has 3 heteroatoms. The molecule has 0 saturated heterocycles. The number of rotatable bonds is 6. The van der Waals surface area contributed by atoms with E-state index in [0.29, 0.717) is 10.5 Å². The Morgan fingerprint density at radius 2 is 1.36 bits per heavy atom. The molecule has 11 heavy (non-hydrogen) atoms. The second kappa shape index (κ2) is 7.32. The predicted molar refractivity (Wildman–Crippen MR) is 57.8 cm³/mol. The minimum Gasteiger partial charge on any atom is -0.240 e. The molecule has 0 aliphatic heterocycles. The standard InChI is InChI=1S/C8H18NS2/c1-7(10-3)5-9-6-8(2)11-4/h7-8H,5-6H2,1-4H3. The second-order valence-corrected chi connectivity index (χ2v) is 5.23. The topological polar surface area (TPSA) is 14.1 Å². The van der Waals surface area contributed by atoms with E-state index in [9.17, 15) is 0 Å². The Morgan fingerprint density at radius 3 is 1.64 bits per heavy atom. The quantitative estimate of drug-likeness (QED) is 0.640. The molecule has 0 aromatic heterocycles. The summed E-state index contributed by atoms with van der Waals surface area (Å²) in [5.41, 5.74) is 0. The molecule has 1 nitrogen and oxygen atoms in total. The highest BCUT2D eigenvalue weighted by Gasteiger charge is 2.02. The van der Waals surface area contributed by atoms with Crippen molar-refractivity contribution in [3.8, 4) is 0 Å². The van der Waals surface area contributed by atoms with Crippen LogP contribution in [-0.4, -0.2) is 36.1 Å².